The van der Waals surface area contributed by atoms with Crippen molar-refractivity contribution in [2.75, 3.05) is 18.7 Å². The maximum absolute atomic E-state index is 13.5. The fourth-order valence-electron chi connectivity index (χ4n) is 3.61. The lowest BCUT2D eigenvalue weighted by molar-refractivity contribution is -0.133. The number of nitrogens with one attached hydrogen (secondary N) is 1. The van der Waals surface area contributed by atoms with Crippen molar-refractivity contribution >= 4 is 40.8 Å². The highest BCUT2D eigenvalue weighted by molar-refractivity contribution is 6.39. The number of hydrogen-bond donors (Lipinski definition) is 1. The number of rotatable bonds is 8. The van der Waals surface area contributed by atoms with Crippen LogP contribution in [0.4, 0.5) is 10.5 Å². The first-order valence-corrected chi connectivity index (χ1v) is 11.8. The van der Waals surface area contributed by atoms with E-state index < -0.39 is 6.03 Å². The maximum Gasteiger partial charge on any atom is 0.322 e. The summed E-state index contributed by atoms with van der Waals surface area (Å²) in [5.41, 5.74) is 1.16. The summed E-state index contributed by atoms with van der Waals surface area (Å²) >= 11 is 12.4. The SMILES string of the molecule is CC(C)N(CC(=O)N(Cc1ccc2c(c1)OCO2)Cc1ccco1)C(=O)Nc1c(Cl)cccc1Cl. The second kappa shape index (κ2) is 10.9. The van der Waals surface area contributed by atoms with Crippen LogP contribution in [0.25, 0.3) is 0 Å². The molecule has 2 aromatic carbocycles. The van der Waals surface area contributed by atoms with Crippen LogP contribution in [0, 0.1) is 0 Å². The average Bonchev–Trinajstić information content (AvgIpc) is 3.50. The van der Waals surface area contributed by atoms with Gasteiger partial charge in [-0.1, -0.05) is 35.3 Å². The lowest BCUT2D eigenvalue weighted by Gasteiger charge is -2.30. The molecule has 0 aliphatic carbocycles. The van der Waals surface area contributed by atoms with Gasteiger partial charge in [-0.2, -0.15) is 0 Å². The number of carbonyl (C=O) groups excluding carboxylic acids is 2. The van der Waals surface area contributed by atoms with Crippen molar-refractivity contribution in [3.8, 4) is 11.5 Å². The second-order valence-electron chi connectivity index (χ2n) is 8.27. The maximum atomic E-state index is 13.5. The summed E-state index contributed by atoms with van der Waals surface area (Å²) in [7, 11) is 0. The highest BCUT2D eigenvalue weighted by Crippen LogP contribution is 2.33. The molecule has 184 valence electrons. The molecule has 1 aromatic heterocycles. The molecule has 35 heavy (non-hydrogen) atoms. The summed E-state index contributed by atoms with van der Waals surface area (Å²) in [5.74, 6) is 1.67. The van der Waals surface area contributed by atoms with E-state index >= 15 is 0 Å². The fraction of sp³-hybridized carbons (Fsp3) is 0.280. The summed E-state index contributed by atoms with van der Waals surface area (Å²) in [6.07, 6.45) is 1.56. The highest BCUT2D eigenvalue weighted by Gasteiger charge is 2.26. The van der Waals surface area contributed by atoms with E-state index in [0.29, 0.717) is 39.5 Å². The number of benzene rings is 2. The minimum absolute atomic E-state index is 0.156. The molecule has 3 aromatic rings. The largest absolute Gasteiger partial charge is 0.467 e. The van der Waals surface area contributed by atoms with Crippen molar-refractivity contribution in [2.45, 2.75) is 33.0 Å². The van der Waals surface area contributed by atoms with Crippen molar-refractivity contribution in [1.29, 1.82) is 0 Å². The molecule has 1 N–H and O–H groups in total. The van der Waals surface area contributed by atoms with Crippen molar-refractivity contribution < 1.29 is 23.5 Å². The van der Waals surface area contributed by atoms with Crippen molar-refractivity contribution in [1.82, 2.24) is 9.80 Å². The van der Waals surface area contributed by atoms with Gasteiger partial charge in [0.15, 0.2) is 11.5 Å². The zero-order valence-corrected chi connectivity index (χ0v) is 20.8. The predicted molar refractivity (Wildman–Crippen MR) is 133 cm³/mol. The third kappa shape index (κ3) is 6.01. The van der Waals surface area contributed by atoms with E-state index in [1.807, 2.05) is 32.0 Å². The van der Waals surface area contributed by atoms with E-state index in [-0.39, 0.29) is 31.8 Å². The molecule has 0 radical (unpaired) electrons. The summed E-state index contributed by atoms with van der Waals surface area (Å²) in [6.45, 7) is 4.20. The molecule has 4 rings (SSSR count). The third-order valence-corrected chi connectivity index (χ3v) is 6.10. The lowest BCUT2D eigenvalue weighted by atomic mass is 10.1. The minimum atomic E-state index is -0.482. The molecule has 0 bridgehead atoms. The number of amides is 3. The Hall–Kier alpha value is -3.36. The Morgan fingerprint density at radius 2 is 1.74 bits per heavy atom. The first kappa shape index (κ1) is 24.8. The molecule has 8 nitrogen and oxygen atoms in total. The summed E-state index contributed by atoms with van der Waals surface area (Å²) < 4.78 is 16.3. The van der Waals surface area contributed by atoms with Gasteiger partial charge in [-0.3, -0.25) is 4.79 Å². The zero-order chi connectivity index (χ0) is 24.9. The summed E-state index contributed by atoms with van der Waals surface area (Å²) in [4.78, 5) is 29.6. The van der Waals surface area contributed by atoms with Crippen LogP contribution in [0.2, 0.25) is 10.0 Å². The standard InChI is InChI=1S/C25H25Cl2N3O5/c1-16(2)30(25(32)28-24-19(26)6-3-7-20(24)27)14-23(31)29(13-18-5-4-10-33-18)12-17-8-9-21-22(11-17)35-15-34-21/h3-11,16H,12-15H2,1-2H3,(H,28,32). The van der Waals surface area contributed by atoms with Crippen LogP contribution in [0.5, 0.6) is 11.5 Å². The van der Waals surface area contributed by atoms with E-state index in [1.165, 1.54) is 4.90 Å². The Bertz CT molecular complexity index is 1180. The number of para-hydroxylation sites is 1. The Morgan fingerprint density at radius 1 is 1.00 bits per heavy atom. The molecule has 1 aliphatic rings. The number of nitrogens with zero attached hydrogens (tertiary/aromatic N) is 2. The molecule has 10 heteroatoms. The number of fused-ring (bicyclic) bond motifs is 1. The molecule has 0 fully saturated rings. The van der Waals surface area contributed by atoms with Gasteiger partial charge in [0.2, 0.25) is 12.7 Å². The van der Waals surface area contributed by atoms with E-state index in [2.05, 4.69) is 5.32 Å². The highest BCUT2D eigenvalue weighted by atomic mass is 35.5. The van der Waals surface area contributed by atoms with Gasteiger partial charge in [-0.05, 0) is 55.8 Å². The Morgan fingerprint density at radius 3 is 2.43 bits per heavy atom. The Balaban J connectivity index is 1.52. The monoisotopic (exact) mass is 517 g/mol. The number of urea groups is 1. The van der Waals surface area contributed by atoms with Gasteiger partial charge in [0.05, 0.1) is 28.5 Å². The number of ether oxygens (including phenoxy) is 2. The Labute approximate surface area is 213 Å². The number of furan rings is 1. The van der Waals surface area contributed by atoms with Crippen LogP contribution in [-0.2, 0) is 17.9 Å². The van der Waals surface area contributed by atoms with E-state index in [4.69, 9.17) is 37.1 Å². The van der Waals surface area contributed by atoms with Crippen LogP contribution in [0.3, 0.4) is 0 Å². The topological polar surface area (TPSA) is 84.2 Å². The average molecular weight is 518 g/mol. The van der Waals surface area contributed by atoms with E-state index in [0.717, 1.165) is 5.56 Å². The van der Waals surface area contributed by atoms with Crippen LogP contribution < -0.4 is 14.8 Å². The quantitative estimate of drug-likeness (QED) is 0.408. The number of hydrogen-bond acceptors (Lipinski definition) is 5. The predicted octanol–water partition coefficient (Wildman–Crippen LogP) is 5.79. The Kier molecular flexibility index (Phi) is 7.73. The number of anilines is 1. The van der Waals surface area contributed by atoms with Gasteiger partial charge < -0.3 is 29.0 Å². The summed E-state index contributed by atoms with van der Waals surface area (Å²) in [6, 6.07) is 13.3. The van der Waals surface area contributed by atoms with Gasteiger partial charge in [-0.15, -0.1) is 0 Å². The third-order valence-electron chi connectivity index (χ3n) is 5.47. The van der Waals surface area contributed by atoms with Crippen LogP contribution in [0.15, 0.2) is 59.2 Å². The van der Waals surface area contributed by atoms with E-state index in [1.54, 1.807) is 41.5 Å². The molecule has 0 atom stereocenters. The van der Waals surface area contributed by atoms with E-state index in [9.17, 15) is 9.59 Å². The first-order chi connectivity index (χ1) is 16.8. The molecule has 2 heterocycles. The van der Waals surface area contributed by atoms with Gasteiger partial charge in [0.25, 0.3) is 0 Å². The van der Waals surface area contributed by atoms with Crippen LogP contribution in [-0.4, -0.2) is 41.1 Å². The lowest BCUT2D eigenvalue weighted by Crippen LogP contribution is -2.47. The number of halogens is 2. The molecular formula is C25H25Cl2N3O5. The summed E-state index contributed by atoms with van der Waals surface area (Å²) in [5, 5.41) is 3.35. The van der Waals surface area contributed by atoms with Crippen molar-refractivity contribution in [3.05, 3.63) is 76.2 Å². The zero-order valence-electron chi connectivity index (χ0n) is 19.3. The van der Waals surface area contributed by atoms with Gasteiger partial charge in [-0.25, -0.2) is 4.79 Å². The van der Waals surface area contributed by atoms with Crippen LogP contribution in [0.1, 0.15) is 25.2 Å². The molecule has 0 saturated heterocycles. The van der Waals surface area contributed by atoms with Crippen LogP contribution >= 0.6 is 23.2 Å². The smallest absolute Gasteiger partial charge is 0.322 e. The molecule has 3 amide bonds. The van der Waals surface area contributed by atoms with Crippen molar-refractivity contribution in [2.24, 2.45) is 0 Å². The minimum Gasteiger partial charge on any atom is -0.467 e. The molecule has 0 unspecified atom stereocenters. The molecule has 0 spiro atoms. The number of carbonyl (C=O) groups is 2. The van der Waals surface area contributed by atoms with Gasteiger partial charge in [0, 0.05) is 12.6 Å². The van der Waals surface area contributed by atoms with Crippen molar-refractivity contribution in [3.63, 3.8) is 0 Å². The van der Waals surface area contributed by atoms with Gasteiger partial charge >= 0.3 is 6.03 Å². The normalized spacial score (nSPS) is 12.0. The molecule has 1 aliphatic heterocycles. The molecular weight excluding hydrogens is 493 g/mol. The first-order valence-electron chi connectivity index (χ1n) is 11.0. The second-order valence-corrected chi connectivity index (χ2v) is 9.08. The molecule has 0 saturated carbocycles. The van der Waals surface area contributed by atoms with Gasteiger partial charge in [0.1, 0.15) is 12.3 Å². The fourth-order valence-corrected chi connectivity index (χ4v) is 4.11.